The molecule has 0 amide bonds. The van der Waals surface area contributed by atoms with Gasteiger partial charge in [0.25, 0.3) is 0 Å². The predicted molar refractivity (Wildman–Crippen MR) is 151 cm³/mol. The molecule has 0 aliphatic rings. The van der Waals surface area contributed by atoms with Crippen molar-refractivity contribution in [1.29, 1.82) is 0 Å². The molecule has 35 heavy (non-hydrogen) atoms. The lowest BCUT2D eigenvalue weighted by Gasteiger charge is -2.12. The van der Waals surface area contributed by atoms with E-state index in [0.29, 0.717) is 0 Å². The Bertz CT molecular complexity index is 2020. The Kier molecular flexibility index (Phi) is 3.85. The van der Waals surface area contributed by atoms with Crippen molar-refractivity contribution < 1.29 is 0 Å². The standard InChI is InChI=1S/C32H20N2S/c1-5-16-27-23(12-1)24-13-2-6-17-28(24)33(27)21-10-9-11-22(20-21)34-29-18-7-3-14-25(29)31-26-15-4-8-19-30(26)35-32(31)34/h1-20H. The van der Waals surface area contributed by atoms with Crippen molar-refractivity contribution in [3.05, 3.63) is 121 Å². The Labute approximate surface area is 205 Å². The van der Waals surface area contributed by atoms with Gasteiger partial charge in [-0.05, 0) is 42.5 Å². The van der Waals surface area contributed by atoms with Crippen molar-refractivity contribution in [2.75, 3.05) is 0 Å². The summed E-state index contributed by atoms with van der Waals surface area (Å²) in [4.78, 5) is 1.30. The third-order valence-electron chi connectivity index (χ3n) is 7.12. The molecule has 8 rings (SSSR count). The fourth-order valence-electron chi connectivity index (χ4n) is 5.67. The van der Waals surface area contributed by atoms with Crippen molar-refractivity contribution in [2.45, 2.75) is 0 Å². The van der Waals surface area contributed by atoms with Gasteiger partial charge in [0.15, 0.2) is 0 Å². The maximum absolute atomic E-state index is 2.44. The number of nitrogens with zero attached hydrogens (tertiary/aromatic N) is 2. The van der Waals surface area contributed by atoms with Gasteiger partial charge in [0.1, 0.15) is 4.83 Å². The molecule has 2 nitrogen and oxygen atoms in total. The van der Waals surface area contributed by atoms with Gasteiger partial charge in [-0.25, -0.2) is 0 Å². The van der Waals surface area contributed by atoms with E-state index >= 15 is 0 Å². The third-order valence-corrected chi connectivity index (χ3v) is 8.28. The smallest absolute Gasteiger partial charge is 0.109 e. The topological polar surface area (TPSA) is 9.86 Å². The van der Waals surface area contributed by atoms with E-state index in [0.717, 1.165) is 0 Å². The summed E-state index contributed by atoms with van der Waals surface area (Å²) in [5, 5.41) is 6.56. The van der Waals surface area contributed by atoms with Crippen LogP contribution in [0.5, 0.6) is 0 Å². The normalized spacial score (nSPS) is 12.0. The summed E-state index contributed by atoms with van der Waals surface area (Å²) in [6.07, 6.45) is 0. The first-order chi connectivity index (χ1) is 17.4. The molecule has 3 aromatic heterocycles. The lowest BCUT2D eigenvalue weighted by Crippen LogP contribution is -1.97. The van der Waals surface area contributed by atoms with Crippen LogP contribution in [0.15, 0.2) is 121 Å². The maximum Gasteiger partial charge on any atom is 0.109 e. The van der Waals surface area contributed by atoms with Crippen molar-refractivity contribution in [3.63, 3.8) is 0 Å². The summed E-state index contributed by atoms with van der Waals surface area (Å²) in [6.45, 7) is 0. The molecule has 3 heteroatoms. The average Bonchev–Trinajstić information content (AvgIpc) is 3.55. The van der Waals surface area contributed by atoms with E-state index in [-0.39, 0.29) is 0 Å². The molecular weight excluding hydrogens is 444 g/mol. The summed E-state index contributed by atoms with van der Waals surface area (Å²) in [5.41, 5.74) is 6.07. The van der Waals surface area contributed by atoms with Crippen molar-refractivity contribution in [1.82, 2.24) is 9.13 Å². The largest absolute Gasteiger partial charge is 0.309 e. The molecule has 0 bridgehead atoms. The molecule has 0 N–H and O–H groups in total. The molecule has 0 unspecified atom stereocenters. The maximum atomic E-state index is 2.44. The third kappa shape index (κ3) is 2.59. The molecule has 0 atom stereocenters. The Hall–Kier alpha value is -4.34. The Morgan fingerprint density at radius 3 is 1.63 bits per heavy atom. The van der Waals surface area contributed by atoms with E-state index in [1.165, 1.54) is 64.4 Å². The first-order valence-electron chi connectivity index (χ1n) is 11.9. The number of para-hydroxylation sites is 3. The number of hydrogen-bond acceptors (Lipinski definition) is 1. The van der Waals surface area contributed by atoms with Crippen LogP contribution in [0.3, 0.4) is 0 Å². The predicted octanol–water partition coefficient (Wildman–Crippen LogP) is 9.10. The zero-order valence-electron chi connectivity index (χ0n) is 18.8. The summed E-state index contributed by atoms with van der Waals surface area (Å²) in [6, 6.07) is 43.9. The van der Waals surface area contributed by atoms with Gasteiger partial charge in [-0.15, -0.1) is 11.3 Å². The van der Waals surface area contributed by atoms with E-state index in [1.807, 2.05) is 11.3 Å². The summed E-state index contributed by atoms with van der Waals surface area (Å²) in [5.74, 6) is 0. The number of fused-ring (bicyclic) bond motifs is 8. The van der Waals surface area contributed by atoms with Crippen LogP contribution in [0.2, 0.25) is 0 Å². The molecule has 0 aliphatic carbocycles. The lowest BCUT2D eigenvalue weighted by atomic mass is 10.1. The molecule has 164 valence electrons. The minimum absolute atomic E-state index is 1.17. The summed E-state index contributed by atoms with van der Waals surface area (Å²) < 4.78 is 6.16. The quantitative estimate of drug-likeness (QED) is 0.241. The van der Waals surface area contributed by atoms with Gasteiger partial charge in [-0.2, -0.15) is 0 Å². The van der Waals surface area contributed by atoms with Crippen LogP contribution in [-0.2, 0) is 0 Å². The van der Waals surface area contributed by atoms with Crippen LogP contribution in [0.4, 0.5) is 0 Å². The summed E-state index contributed by atoms with van der Waals surface area (Å²) in [7, 11) is 0. The van der Waals surface area contributed by atoms with Gasteiger partial charge < -0.3 is 9.13 Å². The van der Waals surface area contributed by atoms with Crippen molar-refractivity contribution in [3.8, 4) is 11.4 Å². The zero-order valence-corrected chi connectivity index (χ0v) is 19.7. The van der Waals surface area contributed by atoms with Crippen LogP contribution in [0, 0.1) is 0 Å². The van der Waals surface area contributed by atoms with Gasteiger partial charge >= 0.3 is 0 Å². The Balaban J connectivity index is 1.46. The highest BCUT2D eigenvalue weighted by Gasteiger charge is 2.18. The second-order valence-corrected chi connectivity index (χ2v) is 10.1. The number of hydrogen-bond donors (Lipinski definition) is 0. The van der Waals surface area contributed by atoms with E-state index in [2.05, 4.69) is 130 Å². The van der Waals surface area contributed by atoms with Crippen LogP contribution in [-0.4, -0.2) is 9.13 Å². The van der Waals surface area contributed by atoms with Gasteiger partial charge in [-0.1, -0.05) is 78.9 Å². The molecule has 0 fully saturated rings. The first-order valence-corrected chi connectivity index (χ1v) is 12.7. The number of benzene rings is 5. The van der Waals surface area contributed by atoms with Crippen LogP contribution in [0.25, 0.3) is 64.4 Å². The van der Waals surface area contributed by atoms with Gasteiger partial charge in [0.2, 0.25) is 0 Å². The van der Waals surface area contributed by atoms with E-state index in [1.54, 1.807) is 0 Å². The average molecular weight is 465 g/mol. The van der Waals surface area contributed by atoms with Crippen molar-refractivity contribution in [2.24, 2.45) is 0 Å². The van der Waals surface area contributed by atoms with Crippen LogP contribution in [0.1, 0.15) is 0 Å². The number of thiophene rings is 1. The minimum Gasteiger partial charge on any atom is -0.309 e. The highest BCUT2D eigenvalue weighted by Crippen LogP contribution is 2.42. The fourth-order valence-corrected chi connectivity index (χ4v) is 6.92. The first kappa shape index (κ1) is 19.0. The molecule has 5 aromatic carbocycles. The van der Waals surface area contributed by atoms with E-state index in [9.17, 15) is 0 Å². The van der Waals surface area contributed by atoms with Gasteiger partial charge in [0, 0.05) is 43.0 Å². The second kappa shape index (κ2) is 7.08. The van der Waals surface area contributed by atoms with Gasteiger partial charge in [-0.3, -0.25) is 0 Å². The fraction of sp³-hybridized carbons (Fsp3) is 0. The molecule has 0 saturated carbocycles. The molecule has 0 spiro atoms. The van der Waals surface area contributed by atoms with Crippen molar-refractivity contribution >= 4 is 64.3 Å². The second-order valence-electron chi connectivity index (χ2n) is 9.02. The van der Waals surface area contributed by atoms with Gasteiger partial charge in [0.05, 0.1) is 16.6 Å². The molecular formula is C32H20N2S. The van der Waals surface area contributed by atoms with E-state index < -0.39 is 0 Å². The summed E-state index contributed by atoms with van der Waals surface area (Å²) >= 11 is 1.87. The Morgan fingerprint density at radius 2 is 0.943 bits per heavy atom. The zero-order chi connectivity index (χ0) is 22.9. The van der Waals surface area contributed by atoms with Crippen LogP contribution >= 0.6 is 11.3 Å². The van der Waals surface area contributed by atoms with Crippen LogP contribution < -0.4 is 0 Å². The van der Waals surface area contributed by atoms with E-state index in [4.69, 9.17) is 0 Å². The molecule has 0 saturated heterocycles. The lowest BCUT2D eigenvalue weighted by molar-refractivity contribution is 1.14. The Morgan fingerprint density at radius 1 is 0.429 bits per heavy atom. The molecule has 3 heterocycles. The molecule has 0 aliphatic heterocycles. The number of rotatable bonds is 2. The highest BCUT2D eigenvalue weighted by molar-refractivity contribution is 7.25. The monoisotopic (exact) mass is 464 g/mol. The highest BCUT2D eigenvalue weighted by atomic mass is 32.1. The SMILES string of the molecule is c1cc(-n2c3ccccc3c3ccccc32)cc(-n2c3ccccc3c3c4ccccc4sc32)c1. The molecule has 0 radical (unpaired) electrons. The minimum atomic E-state index is 1.17. The number of aromatic nitrogens is 2. The molecule has 8 aromatic rings.